The number of nitrogens with zero attached hydrogens (tertiary/aromatic N) is 1. The number of hydrogen-bond donors (Lipinski definition) is 1. The van der Waals surface area contributed by atoms with E-state index in [1.807, 2.05) is 19.1 Å². The van der Waals surface area contributed by atoms with Crippen LogP contribution in [0.1, 0.15) is 31.9 Å². The van der Waals surface area contributed by atoms with Crippen molar-refractivity contribution in [3.63, 3.8) is 0 Å². The molecule has 1 aromatic carbocycles. The molecule has 0 saturated heterocycles. The first-order valence-electron chi connectivity index (χ1n) is 6.92. The Hall–Kier alpha value is -1.77. The number of nitrogens with one attached hydrogen (secondary N) is 1. The molecule has 3 nitrogen and oxygen atoms in total. The third kappa shape index (κ3) is 2.65. The number of benzene rings is 1. The average molecular weight is 258 g/mol. The molecule has 0 aliphatic rings. The van der Waals surface area contributed by atoms with Gasteiger partial charge in [-0.3, -0.25) is 14.6 Å². The van der Waals surface area contributed by atoms with E-state index in [0.717, 1.165) is 23.2 Å². The lowest BCUT2D eigenvalue weighted by Gasteiger charge is -2.07. The number of H-pyrrole nitrogens is 1. The molecule has 0 aliphatic heterocycles. The van der Waals surface area contributed by atoms with Crippen LogP contribution in [0.25, 0.3) is 11.3 Å². The van der Waals surface area contributed by atoms with E-state index in [4.69, 9.17) is 0 Å². The fourth-order valence-corrected chi connectivity index (χ4v) is 2.42. The minimum Gasteiger partial charge on any atom is -0.295 e. The van der Waals surface area contributed by atoms with Gasteiger partial charge in [0.1, 0.15) is 0 Å². The van der Waals surface area contributed by atoms with Crippen LogP contribution < -0.4 is 5.56 Å². The van der Waals surface area contributed by atoms with Crippen LogP contribution in [0.4, 0.5) is 0 Å². The summed E-state index contributed by atoms with van der Waals surface area (Å²) in [5.41, 5.74) is 4.33. The SMILES string of the molecule is CCn1[nH]c(-c2ccccc2C)c(CC(C)C)c1=O. The highest BCUT2D eigenvalue weighted by Gasteiger charge is 2.17. The second-order valence-corrected chi connectivity index (χ2v) is 5.43. The normalized spacial score (nSPS) is 11.2. The molecular formula is C16H22N2O. The molecule has 3 heteroatoms. The zero-order chi connectivity index (χ0) is 14.0. The minimum atomic E-state index is 0.120. The van der Waals surface area contributed by atoms with Gasteiger partial charge in [-0.1, -0.05) is 38.1 Å². The van der Waals surface area contributed by atoms with Gasteiger partial charge in [-0.25, -0.2) is 0 Å². The fourth-order valence-electron chi connectivity index (χ4n) is 2.42. The summed E-state index contributed by atoms with van der Waals surface area (Å²) in [6.07, 6.45) is 0.812. The smallest absolute Gasteiger partial charge is 0.270 e. The summed E-state index contributed by atoms with van der Waals surface area (Å²) in [6.45, 7) is 9.03. The van der Waals surface area contributed by atoms with Crippen LogP contribution in [0.15, 0.2) is 29.1 Å². The van der Waals surface area contributed by atoms with E-state index < -0.39 is 0 Å². The first kappa shape index (κ1) is 13.7. The Kier molecular flexibility index (Phi) is 3.93. The molecule has 19 heavy (non-hydrogen) atoms. The lowest BCUT2D eigenvalue weighted by atomic mass is 9.97. The summed E-state index contributed by atoms with van der Waals surface area (Å²) >= 11 is 0. The van der Waals surface area contributed by atoms with Gasteiger partial charge in [0.25, 0.3) is 5.56 Å². The fraction of sp³-hybridized carbons (Fsp3) is 0.438. The van der Waals surface area contributed by atoms with Gasteiger partial charge in [0.05, 0.1) is 5.69 Å². The molecule has 0 saturated carbocycles. The first-order chi connectivity index (χ1) is 9.04. The maximum atomic E-state index is 12.4. The zero-order valence-electron chi connectivity index (χ0n) is 12.2. The van der Waals surface area contributed by atoms with Crippen molar-refractivity contribution in [1.82, 2.24) is 9.78 Å². The molecule has 1 heterocycles. The molecule has 2 rings (SSSR count). The van der Waals surface area contributed by atoms with Crippen molar-refractivity contribution < 1.29 is 0 Å². The second-order valence-electron chi connectivity index (χ2n) is 5.43. The van der Waals surface area contributed by atoms with E-state index in [1.54, 1.807) is 4.68 Å². The van der Waals surface area contributed by atoms with E-state index in [-0.39, 0.29) is 5.56 Å². The molecular weight excluding hydrogens is 236 g/mol. The summed E-state index contributed by atoms with van der Waals surface area (Å²) in [5.74, 6) is 0.469. The number of aromatic amines is 1. The molecule has 0 atom stereocenters. The van der Waals surface area contributed by atoms with E-state index in [2.05, 4.69) is 38.0 Å². The molecule has 0 amide bonds. The van der Waals surface area contributed by atoms with Crippen LogP contribution in [0.3, 0.4) is 0 Å². The van der Waals surface area contributed by atoms with Crippen molar-refractivity contribution in [2.45, 2.75) is 40.7 Å². The summed E-state index contributed by atoms with van der Waals surface area (Å²) < 4.78 is 1.69. The monoisotopic (exact) mass is 258 g/mol. The summed E-state index contributed by atoms with van der Waals surface area (Å²) in [7, 11) is 0. The van der Waals surface area contributed by atoms with Gasteiger partial charge < -0.3 is 0 Å². The molecule has 0 radical (unpaired) electrons. The van der Waals surface area contributed by atoms with E-state index in [9.17, 15) is 4.79 Å². The van der Waals surface area contributed by atoms with Gasteiger partial charge >= 0.3 is 0 Å². The molecule has 1 N–H and O–H groups in total. The van der Waals surface area contributed by atoms with Crippen LogP contribution in [-0.2, 0) is 13.0 Å². The van der Waals surface area contributed by atoms with Gasteiger partial charge in [-0.15, -0.1) is 0 Å². The van der Waals surface area contributed by atoms with Crippen molar-refractivity contribution in [1.29, 1.82) is 0 Å². The Labute approximate surface area is 114 Å². The molecule has 2 aromatic rings. The summed E-state index contributed by atoms with van der Waals surface area (Å²) in [5, 5.41) is 3.27. The molecule has 0 unspecified atom stereocenters. The standard InChI is InChI=1S/C16H22N2O/c1-5-18-16(19)14(10-11(2)3)15(17-18)13-9-7-6-8-12(13)4/h6-9,11,17H,5,10H2,1-4H3. The molecule has 0 spiro atoms. The lowest BCUT2D eigenvalue weighted by molar-refractivity contribution is 0.623. The maximum absolute atomic E-state index is 12.4. The van der Waals surface area contributed by atoms with E-state index in [1.165, 1.54) is 5.56 Å². The van der Waals surface area contributed by atoms with Crippen molar-refractivity contribution in [2.24, 2.45) is 5.92 Å². The van der Waals surface area contributed by atoms with E-state index >= 15 is 0 Å². The molecule has 0 fully saturated rings. The second kappa shape index (κ2) is 5.47. The van der Waals surface area contributed by atoms with Crippen LogP contribution >= 0.6 is 0 Å². The number of aromatic nitrogens is 2. The van der Waals surface area contributed by atoms with Gasteiger partial charge in [0.2, 0.25) is 0 Å². The molecule has 102 valence electrons. The van der Waals surface area contributed by atoms with Gasteiger partial charge in [0.15, 0.2) is 0 Å². The number of rotatable bonds is 4. The third-order valence-corrected chi connectivity index (χ3v) is 3.39. The summed E-state index contributed by atoms with van der Waals surface area (Å²) in [4.78, 5) is 12.4. The third-order valence-electron chi connectivity index (χ3n) is 3.39. The van der Waals surface area contributed by atoms with Crippen LogP contribution in [0.5, 0.6) is 0 Å². The quantitative estimate of drug-likeness (QED) is 0.897. The highest BCUT2D eigenvalue weighted by molar-refractivity contribution is 5.66. The zero-order valence-corrected chi connectivity index (χ0v) is 12.2. The van der Waals surface area contributed by atoms with Crippen molar-refractivity contribution >= 4 is 0 Å². The maximum Gasteiger partial charge on any atom is 0.270 e. The number of hydrogen-bond acceptors (Lipinski definition) is 1. The highest BCUT2D eigenvalue weighted by Crippen LogP contribution is 2.24. The van der Waals surface area contributed by atoms with Crippen LogP contribution in [0, 0.1) is 12.8 Å². The largest absolute Gasteiger partial charge is 0.295 e. The van der Waals surface area contributed by atoms with Crippen LogP contribution in [-0.4, -0.2) is 9.78 Å². The molecule has 0 bridgehead atoms. The lowest BCUT2D eigenvalue weighted by Crippen LogP contribution is -2.18. The highest BCUT2D eigenvalue weighted by atomic mass is 16.1. The predicted octanol–water partition coefficient (Wildman–Crippen LogP) is 3.37. The Bertz CT molecular complexity index is 620. The summed E-state index contributed by atoms with van der Waals surface area (Å²) in [6, 6.07) is 8.19. The Morgan fingerprint density at radius 1 is 1.26 bits per heavy atom. The first-order valence-corrected chi connectivity index (χ1v) is 6.92. The van der Waals surface area contributed by atoms with Crippen LogP contribution in [0.2, 0.25) is 0 Å². The molecule has 0 aliphatic carbocycles. The Morgan fingerprint density at radius 2 is 1.95 bits per heavy atom. The topological polar surface area (TPSA) is 37.8 Å². The van der Waals surface area contributed by atoms with Gasteiger partial charge in [0, 0.05) is 17.7 Å². The van der Waals surface area contributed by atoms with Gasteiger partial charge in [-0.05, 0) is 31.7 Å². The predicted molar refractivity (Wildman–Crippen MR) is 79.4 cm³/mol. The van der Waals surface area contributed by atoms with Gasteiger partial charge in [-0.2, -0.15) is 0 Å². The number of aryl methyl sites for hydroxylation is 2. The minimum absolute atomic E-state index is 0.120. The average Bonchev–Trinajstić information content (AvgIpc) is 2.67. The Balaban J connectivity index is 2.62. The van der Waals surface area contributed by atoms with Crippen molar-refractivity contribution in [2.75, 3.05) is 0 Å². The van der Waals surface area contributed by atoms with Crippen molar-refractivity contribution in [3.05, 3.63) is 45.7 Å². The molecule has 1 aromatic heterocycles. The van der Waals surface area contributed by atoms with Crippen molar-refractivity contribution in [3.8, 4) is 11.3 Å². The van der Waals surface area contributed by atoms with E-state index in [0.29, 0.717) is 12.5 Å². The Morgan fingerprint density at radius 3 is 2.53 bits per heavy atom.